The van der Waals surface area contributed by atoms with Crippen LogP contribution in [0.3, 0.4) is 0 Å². The highest BCUT2D eigenvalue weighted by Gasteiger charge is 2.28. The van der Waals surface area contributed by atoms with Gasteiger partial charge in [-0.25, -0.2) is 0 Å². The molecule has 0 aliphatic heterocycles. The zero-order valence-electron chi connectivity index (χ0n) is 20.7. The Morgan fingerprint density at radius 1 is 0.743 bits per heavy atom. The number of hydrogen-bond donors (Lipinski definition) is 1. The fourth-order valence-electron chi connectivity index (χ4n) is 4.89. The Bertz CT molecular complexity index is 1250. The Morgan fingerprint density at radius 3 is 1.97 bits per heavy atom. The number of nitrogens with zero attached hydrogens (tertiary/aromatic N) is 1. The van der Waals surface area contributed by atoms with Gasteiger partial charge in [0, 0.05) is 18.6 Å². The molecule has 0 saturated carbocycles. The normalized spacial score (nSPS) is 12.9. The van der Waals surface area contributed by atoms with Gasteiger partial charge in [0.05, 0.1) is 6.42 Å². The lowest BCUT2D eigenvalue weighted by molar-refractivity contribution is -0.138. The summed E-state index contributed by atoms with van der Waals surface area (Å²) >= 11 is 0. The number of carboxylic acids is 1. The predicted octanol–water partition coefficient (Wildman–Crippen LogP) is 7.75. The van der Waals surface area contributed by atoms with Crippen LogP contribution >= 0.6 is 0 Å². The number of benzene rings is 4. The monoisotopic (exact) mass is 463 g/mol. The highest BCUT2D eigenvalue weighted by Crippen LogP contribution is 2.36. The molecule has 0 fully saturated rings. The minimum Gasteiger partial charge on any atom is -0.481 e. The second kappa shape index (κ2) is 11.2. The van der Waals surface area contributed by atoms with Gasteiger partial charge in [-0.05, 0) is 54.7 Å². The van der Waals surface area contributed by atoms with Crippen molar-refractivity contribution in [2.24, 2.45) is 0 Å². The lowest BCUT2D eigenvalue weighted by atomic mass is 9.93. The number of carboxylic acid groups (broad SMARTS) is 1. The Morgan fingerprint density at radius 2 is 1.34 bits per heavy atom. The van der Waals surface area contributed by atoms with Crippen molar-refractivity contribution in [3.63, 3.8) is 0 Å². The van der Waals surface area contributed by atoms with E-state index in [2.05, 4.69) is 86.3 Å². The van der Waals surface area contributed by atoms with Crippen molar-refractivity contribution in [3.05, 3.63) is 131 Å². The van der Waals surface area contributed by atoms with E-state index in [4.69, 9.17) is 0 Å². The molecule has 2 atom stereocenters. The Kier molecular flexibility index (Phi) is 7.79. The van der Waals surface area contributed by atoms with Crippen molar-refractivity contribution in [1.82, 2.24) is 4.90 Å². The lowest BCUT2D eigenvalue weighted by Gasteiger charge is -2.37. The van der Waals surface area contributed by atoms with Crippen molar-refractivity contribution in [1.29, 1.82) is 0 Å². The minimum absolute atomic E-state index is 0.0281. The molecule has 1 N–H and O–H groups in total. The molecular weight excluding hydrogens is 430 g/mol. The van der Waals surface area contributed by atoms with Gasteiger partial charge >= 0.3 is 5.97 Å². The summed E-state index contributed by atoms with van der Waals surface area (Å²) < 4.78 is 0. The van der Waals surface area contributed by atoms with Gasteiger partial charge < -0.3 is 5.11 Å². The predicted molar refractivity (Wildman–Crippen MR) is 143 cm³/mol. The molecule has 3 nitrogen and oxygen atoms in total. The topological polar surface area (TPSA) is 40.5 Å². The summed E-state index contributed by atoms with van der Waals surface area (Å²) in [6, 6.07) is 35.3. The quantitative estimate of drug-likeness (QED) is 0.276. The summed E-state index contributed by atoms with van der Waals surface area (Å²) in [5, 5.41) is 9.94. The van der Waals surface area contributed by atoms with Crippen LogP contribution in [0.4, 0.5) is 0 Å². The third-order valence-electron chi connectivity index (χ3n) is 6.58. The van der Waals surface area contributed by atoms with Crippen LogP contribution in [-0.2, 0) is 11.3 Å². The molecule has 0 aromatic heterocycles. The number of carbonyl (C=O) groups is 1. The first kappa shape index (κ1) is 24.4. The SMILES string of the molecule is Cc1cc(C)cc(-c2cccc(C(CC(=O)O)N(Cc3ccccc3)C(C)c3ccccc3)c2)c1. The van der Waals surface area contributed by atoms with Crippen molar-refractivity contribution in [3.8, 4) is 11.1 Å². The van der Waals surface area contributed by atoms with E-state index in [0.29, 0.717) is 6.54 Å². The molecule has 3 heteroatoms. The standard InChI is InChI=1S/C32H33NO2/c1-23-17-24(2)19-30(18-23)28-15-10-16-29(20-28)31(21-32(34)35)33(22-26-11-6-4-7-12-26)25(3)27-13-8-5-9-14-27/h4-20,25,31H,21-22H2,1-3H3,(H,34,35). The second-order valence-electron chi connectivity index (χ2n) is 9.36. The van der Waals surface area contributed by atoms with Crippen molar-refractivity contribution >= 4 is 5.97 Å². The average Bonchev–Trinajstić information content (AvgIpc) is 2.86. The van der Waals surface area contributed by atoms with E-state index >= 15 is 0 Å². The summed E-state index contributed by atoms with van der Waals surface area (Å²) in [6.07, 6.45) is 0.0281. The number of rotatable bonds is 9. The van der Waals surface area contributed by atoms with E-state index in [1.807, 2.05) is 42.5 Å². The summed E-state index contributed by atoms with van der Waals surface area (Å²) in [5.41, 5.74) is 8.05. The van der Waals surface area contributed by atoms with Gasteiger partial charge in [-0.2, -0.15) is 0 Å². The maximum absolute atomic E-state index is 12.1. The van der Waals surface area contributed by atoms with Gasteiger partial charge in [0.25, 0.3) is 0 Å². The first-order valence-electron chi connectivity index (χ1n) is 12.2. The van der Waals surface area contributed by atoms with E-state index in [-0.39, 0.29) is 18.5 Å². The molecule has 178 valence electrons. The minimum atomic E-state index is -0.801. The van der Waals surface area contributed by atoms with Gasteiger partial charge in [0.15, 0.2) is 0 Å². The lowest BCUT2D eigenvalue weighted by Crippen LogP contribution is -2.32. The summed E-state index contributed by atoms with van der Waals surface area (Å²) in [6.45, 7) is 7.04. The highest BCUT2D eigenvalue weighted by atomic mass is 16.4. The molecule has 4 aromatic carbocycles. The van der Waals surface area contributed by atoms with Crippen LogP contribution in [0.1, 0.15) is 53.2 Å². The van der Waals surface area contributed by atoms with E-state index in [1.165, 1.54) is 16.7 Å². The molecule has 0 aliphatic carbocycles. The zero-order valence-corrected chi connectivity index (χ0v) is 20.7. The van der Waals surface area contributed by atoms with Gasteiger partial charge in [0.2, 0.25) is 0 Å². The second-order valence-corrected chi connectivity index (χ2v) is 9.36. The molecular formula is C32H33NO2. The van der Waals surface area contributed by atoms with Crippen molar-refractivity contribution in [2.45, 2.75) is 45.8 Å². The Balaban J connectivity index is 1.79. The zero-order chi connectivity index (χ0) is 24.8. The fourth-order valence-corrected chi connectivity index (χ4v) is 4.89. The number of hydrogen-bond acceptors (Lipinski definition) is 2. The first-order valence-corrected chi connectivity index (χ1v) is 12.2. The van der Waals surface area contributed by atoms with Crippen LogP contribution in [0, 0.1) is 13.8 Å². The molecule has 0 radical (unpaired) electrons. The Hall–Kier alpha value is -3.69. The van der Waals surface area contributed by atoms with Gasteiger partial charge in [0.1, 0.15) is 0 Å². The van der Waals surface area contributed by atoms with Gasteiger partial charge in [-0.3, -0.25) is 9.69 Å². The third kappa shape index (κ3) is 6.26. The van der Waals surface area contributed by atoms with E-state index < -0.39 is 5.97 Å². The number of aryl methyl sites for hydroxylation is 2. The van der Waals surface area contributed by atoms with E-state index in [1.54, 1.807) is 0 Å². The van der Waals surface area contributed by atoms with Crippen LogP contribution in [0.25, 0.3) is 11.1 Å². The molecule has 0 amide bonds. The highest BCUT2D eigenvalue weighted by molar-refractivity contribution is 5.69. The van der Waals surface area contributed by atoms with Gasteiger partial charge in [-0.15, -0.1) is 0 Å². The molecule has 35 heavy (non-hydrogen) atoms. The summed E-state index contributed by atoms with van der Waals surface area (Å²) in [7, 11) is 0. The van der Waals surface area contributed by atoms with Crippen LogP contribution in [-0.4, -0.2) is 16.0 Å². The largest absolute Gasteiger partial charge is 0.481 e. The molecule has 0 saturated heterocycles. The summed E-state index contributed by atoms with van der Waals surface area (Å²) in [4.78, 5) is 14.4. The van der Waals surface area contributed by atoms with Gasteiger partial charge in [-0.1, -0.05) is 108 Å². The molecule has 2 unspecified atom stereocenters. The maximum atomic E-state index is 12.1. The molecule has 0 bridgehead atoms. The average molecular weight is 464 g/mol. The molecule has 4 rings (SSSR count). The molecule has 0 aliphatic rings. The molecule has 4 aromatic rings. The fraction of sp³-hybridized carbons (Fsp3) is 0.219. The first-order chi connectivity index (χ1) is 16.9. The number of aliphatic carboxylic acids is 1. The smallest absolute Gasteiger partial charge is 0.305 e. The molecule has 0 heterocycles. The van der Waals surface area contributed by atoms with Crippen LogP contribution in [0.5, 0.6) is 0 Å². The van der Waals surface area contributed by atoms with Crippen LogP contribution < -0.4 is 0 Å². The molecule has 0 spiro atoms. The Labute approximate surface area is 208 Å². The maximum Gasteiger partial charge on any atom is 0.305 e. The van der Waals surface area contributed by atoms with Crippen LogP contribution in [0.15, 0.2) is 103 Å². The van der Waals surface area contributed by atoms with Crippen molar-refractivity contribution in [2.75, 3.05) is 0 Å². The van der Waals surface area contributed by atoms with Crippen LogP contribution in [0.2, 0.25) is 0 Å². The van der Waals surface area contributed by atoms with Crippen molar-refractivity contribution < 1.29 is 9.90 Å². The summed E-state index contributed by atoms with van der Waals surface area (Å²) in [5.74, 6) is -0.801. The van der Waals surface area contributed by atoms with E-state index in [9.17, 15) is 9.90 Å². The third-order valence-corrected chi connectivity index (χ3v) is 6.58. The van der Waals surface area contributed by atoms with E-state index in [0.717, 1.165) is 22.3 Å².